The zero-order chi connectivity index (χ0) is 25.7. The Kier molecular flexibility index (Phi) is 7.90. The highest BCUT2D eigenvalue weighted by Gasteiger charge is 2.22. The summed E-state index contributed by atoms with van der Waals surface area (Å²) in [5.74, 6) is -1.75. The highest BCUT2D eigenvalue weighted by Crippen LogP contribution is 2.35. The Balaban J connectivity index is 1.54. The van der Waals surface area contributed by atoms with Gasteiger partial charge in [0.05, 0.1) is 7.11 Å². The molecular formula is C27H24BrFN2O5. The van der Waals surface area contributed by atoms with Crippen LogP contribution in [0.1, 0.15) is 21.5 Å². The van der Waals surface area contributed by atoms with Crippen molar-refractivity contribution in [2.75, 3.05) is 20.3 Å². The van der Waals surface area contributed by atoms with Gasteiger partial charge in [-0.2, -0.15) is 0 Å². The van der Waals surface area contributed by atoms with E-state index >= 15 is 0 Å². The van der Waals surface area contributed by atoms with Crippen molar-refractivity contribution in [3.8, 4) is 11.5 Å². The number of carboxylic acids is 1. The average Bonchev–Trinajstić information content (AvgIpc) is 3.29. The summed E-state index contributed by atoms with van der Waals surface area (Å²) in [4.78, 5) is 29.9. The minimum Gasteiger partial charge on any atom is -0.493 e. The number of H-pyrrole nitrogens is 1. The molecule has 0 fully saturated rings. The minimum atomic E-state index is -1.21. The van der Waals surface area contributed by atoms with Crippen LogP contribution in [-0.4, -0.2) is 47.1 Å². The zero-order valence-electron chi connectivity index (χ0n) is 19.5. The van der Waals surface area contributed by atoms with Crippen LogP contribution in [0.2, 0.25) is 0 Å². The van der Waals surface area contributed by atoms with E-state index in [0.29, 0.717) is 17.4 Å². The second-order valence-electron chi connectivity index (χ2n) is 8.13. The monoisotopic (exact) mass is 554 g/mol. The van der Waals surface area contributed by atoms with Crippen LogP contribution in [0.25, 0.3) is 10.9 Å². The standard InChI is InChI=1S/C27H24BrFN2O5/c1-35-24-13-19(28)12-22(27(33)34)26(24)36-16-25(32)31(15-17-6-8-20(29)9-7-17)11-10-18-14-30-23-5-3-2-4-21(18)23/h2-9,12-14,30H,10-11,15-16H2,1H3,(H,33,34). The number of carbonyl (C=O) groups is 2. The number of hydrogen-bond acceptors (Lipinski definition) is 4. The van der Waals surface area contributed by atoms with Crippen LogP contribution in [0.3, 0.4) is 0 Å². The van der Waals surface area contributed by atoms with Gasteiger partial charge in [0.2, 0.25) is 0 Å². The summed E-state index contributed by atoms with van der Waals surface area (Å²) in [5, 5.41) is 10.7. The number of aromatic amines is 1. The number of para-hydroxylation sites is 1. The molecule has 3 aromatic carbocycles. The molecule has 0 aliphatic heterocycles. The molecule has 4 aromatic rings. The Hall–Kier alpha value is -3.85. The Bertz CT molecular complexity index is 1390. The first kappa shape index (κ1) is 25.2. The first-order chi connectivity index (χ1) is 17.4. The predicted octanol–water partition coefficient (Wildman–Crippen LogP) is 5.43. The molecule has 0 unspecified atom stereocenters. The molecular weight excluding hydrogens is 531 g/mol. The number of hydrogen-bond donors (Lipinski definition) is 2. The van der Waals surface area contributed by atoms with Crippen LogP contribution in [0.5, 0.6) is 11.5 Å². The smallest absolute Gasteiger partial charge is 0.339 e. The number of rotatable bonds is 10. The molecule has 0 spiro atoms. The first-order valence-corrected chi connectivity index (χ1v) is 12.0. The number of amides is 1. The third-order valence-corrected chi connectivity index (χ3v) is 6.23. The van der Waals surface area contributed by atoms with Crippen LogP contribution in [0.4, 0.5) is 4.39 Å². The minimum absolute atomic E-state index is 0.0279. The van der Waals surface area contributed by atoms with Gasteiger partial charge in [-0.1, -0.05) is 46.3 Å². The van der Waals surface area contributed by atoms with E-state index in [0.717, 1.165) is 22.0 Å². The van der Waals surface area contributed by atoms with Crippen molar-refractivity contribution in [2.24, 2.45) is 0 Å². The summed E-state index contributed by atoms with van der Waals surface area (Å²) in [6.07, 6.45) is 2.51. The maximum atomic E-state index is 13.4. The highest BCUT2D eigenvalue weighted by atomic mass is 79.9. The normalized spacial score (nSPS) is 10.9. The van der Waals surface area contributed by atoms with E-state index in [1.54, 1.807) is 23.1 Å². The lowest BCUT2D eigenvalue weighted by molar-refractivity contribution is -0.134. The quantitative estimate of drug-likeness (QED) is 0.273. The lowest BCUT2D eigenvalue weighted by Crippen LogP contribution is -2.36. The van der Waals surface area contributed by atoms with Crippen LogP contribution in [0.15, 0.2) is 71.3 Å². The van der Waals surface area contributed by atoms with Gasteiger partial charge in [0.25, 0.3) is 5.91 Å². The molecule has 1 aromatic heterocycles. The summed E-state index contributed by atoms with van der Waals surface area (Å²) in [6.45, 7) is 0.228. The Labute approximate surface area is 215 Å². The molecule has 1 amide bonds. The molecule has 36 heavy (non-hydrogen) atoms. The molecule has 0 saturated carbocycles. The average molecular weight is 555 g/mol. The van der Waals surface area contributed by atoms with Gasteiger partial charge in [0.15, 0.2) is 18.1 Å². The molecule has 0 radical (unpaired) electrons. The number of nitrogens with one attached hydrogen (secondary N) is 1. The number of nitrogens with zero attached hydrogens (tertiary/aromatic N) is 1. The van der Waals surface area contributed by atoms with Gasteiger partial charge in [-0.05, 0) is 47.9 Å². The van der Waals surface area contributed by atoms with Gasteiger partial charge in [-0.3, -0.25) is 4.79 Å². The number of carbonyl (C=O) groups excluding carboxylic acids is 1. The largest absolute Gasteiger partial charge is 0.493 e. The SMILES string of the molecule is COc1cc(Br)cc(C(=O)O)c1OCC(=O)N(CCc1c[nH]c2ccccc12)Cc1ccc(F)cc1. The lowest BCUT2D eigenvalue weighted by Gasteiger charge is -2.23. The van der Waals surface area contributed by atoms with E-state index in [9.17, 15) is 19.1 Å². The molecule has 0 atom stereocenters. The van der Waals surface area contributed by atoms with Crippen LogP contribution in [-0.2, 0) is 17.8 Å². The van der Waals surface area contributed by atoms with Gasteiger partial charge in [-0.25, -0.2) is 9.18 Å². The van der Waals surface area contributed by atoms with Crippen molar-refractivity contribution < 1.29 is 28.6 Å². The van der Waals surface area contributed by atoms with E-state index in [2.05, 4.69) is 20.9 Å². The van der Waals surface area contributed by atoms with Crippen molar-refractivity contribution in [3.05, 3.63) is 93.8 Å². The molecule has 186 valence electrons. The summed E-state index contributed by atoms with van der Waals surface area (Å²) in [7, 11) is 1.39. The van der Waals surface area contributed by atoms with E-state index in [1.807, 2.05) is 30.5 Å². The molecule has 1 heterocycles. The molecule has 0 aliphatic rings. The second kappa shape index (κ2) is 11.3. The number of aromatic nitrogens is 1. The fourth-order valence-electron chi connectivity index (χ4n) is 3.95. The number of fused-ring (bicyclic) bond motifs is 1. The van der Waals surface area contributed by atoms with Crippen LogP contribution >= 0.6 is 15.9 Å². The number of methoxy groups -OCH3 is 1. The molecule has 9 heteroatoms. The number of carboxylic acid groups (broad SMARTS) is 1. The number of benzene rings is 3. The summed E-state index contributed by atoms with van der Waals surface area (Å²) < 4.78 is 24.9. The van der Waals surface area contributed by atoms with Gasteiger partial charge in [-0.15, -0.1) is 0 Å². The zero-order valence-corrected chi connectivity index (χ0v) is 21.0. The Morgan fingerprint density at radius 1 is 1.11 bits per heavy atom. The van der Waals surface area contributed by atoms with Gasteiger partial charge < -0.3 is 24.5 Å². The van der Waals surface area contributed by atoms with Crippen molar-refractivity contribution >= 4 is 38.7 Å². The molecule has 2 N–H and O–H groups in total. The predicted molar refractivity (Wildman–Crippen MR) is 137 cm³/mol. The van der Waals surface area contributed by atoms with E-state index in [-0.39, 0.29) is 35.3 Å². The lowest BCUT2D eigenvalue weighted by atomic mass is 10.1. The number of aromatic carboxylic acids is 1. The Morgan fingerprint density at radius 2 is 1.86 bits per heavy atom. The van der Waals surface area contributed by atoms with Crippen molar-refractivity contribution in [1.82, 2.24) is 9.88 Å². The fraction of sp³-hybridized carbons (Fsp3) is 0.185. The van der Waals surface area contributed by atoms with Gasteiger partial charge in [0, 0.05) is 34.7 Å². The number of ether oxygens (including phenoxy) is 2. The highest BCUT2D eigenvalue weighted by molar-refractivity contribution is 9.10. The topological polar surface area (TPSA) is 91.9 Å². The second-order valence-corrected chi connectivity index (χ2v) is 9.05. The van der Waals surface area contributed by atoms with Gasteiger partial charge in [0.1, 0.15) is 11.4 Å². The molecule has 0 bridgehead atoms. The Morgan fingerprint density at radius 3 is 2.58 bits per heavy atom. The summed E-state index contributed by atoms with van der Waals surface area (Å²) in [5.41, 5.74) is 2.70. The van der Waals surface area contributed by atoms with E-state index in [4.69, 9.17) is 9.47 Å². The van der Waals surface area contributed by atoms with Crippen molar-refractivity contribution in [1.29, 1.82) is 0 Å². The molecule has 4 rings (SSSR count). The van der Waals surface area contributed by atoms with Crippen LogP contribution in [0, 0.1) is 5.82 Å². The number of halogens is 2. The third-order valence-electron chi connectivity index (χ3n) is 5.78. The van der Waals surface area contributed by atoms with Crippen molar-refractivity contribution in [3.63, 3.8) is 0 Å². The van der Waals surface area contributed by atoms with E-state index in [1.165, 1.54) is 25.3 Å². The third kappa shape index (κ3) is 5.85. The maximum absolute atomic E-state index is 13.4. The first-order valence-electron chi connectivity index (χ1n) is 11.2. The molecule has 0 saturated heterocycles. The van der Waals surface area contributed by atoms with E-state index < -0.39 is 12.6 Å². The maximum Gasteiger partial charge on any atom is 0.339 e. The molecule has 0 aliphatic carbocycles. The van der Waals surface area contributed by atoms with Crippen molar-refractivity contribution in [2.45, 2.75) is 13.0 Å². The molecule has 7 nitrogen and oxygen atoms in total. The summed E-state index contributed by atoms with van der Waals surface area (Å²) in [6, 6.07) is 16.8. The fourth-order valence-corrected chi connectivity index (χ4v) is 4.39. The summed E-state index contributed by atoms with van der Waals surface area (Å²) >= 11 is 3.25. The van der Waals surface area contributed by atoms with Crippen LogP contribution < -0.4 is 9.47 Å². The van der Waals surface area contributed by atoms with Gasteiger partial charge >= 0.3 is 5.97 Å².